The predicted molar refractivity (Wildman–Crippen MR) is 61.5 cm³/mol. The molecule has 1 aliphatic rings. The SMILES string of the molecule is CC.CCC1=C(C(F)=NC)CCC=C1. The zero-order valence-electron chi connectivity index (χ0n) is 9.60. The Labute approximate surface area is 86.4 Å². The van der Waals surface area contributed by atoms with Gasteiger partial charge in [-0.15, -0.1) is 0 Å². The van der Waals surface area contributed by atoms with Crippen molar-refractivity contribution in [3.8, 4) is 0 Å². The summed E-state index contributed by atoms with van der Waals surface area (Å²) < 4.78 is 13.1. The van der Waals surface area contributed by atoms with Crippen LogP contribution >= 0.6 is 0 Å². The Morgan fingerprint density at radius 2 is 2.14 bits per heavy atom. The average molecular weight is 197 g/mol. The van der Waals surface area contributed by atoms with E-state index >= 15 is 0 Å². The highest BCUT2D eigenvalue weighted by Crippen LogP contribution is 2.22. The topological polar surface area (TPSA) is 12.4 Å². The van der Waals surface area contributed by atoms with Gasteiger partial charge in [0.1, 0.15) is 0 Å². The minimum Gasteiger partial charge on any atom is -0.261 e. The van der Waals surface area contributed by atoms with Crippen molar-refractivity contribution in [2.45, 2.75) is 40.0 Å². The van der Waals surface area contributed by atoms with Gasteiger partial charge < -0.3 is 0 Å². The van der Waals surface area contributed by atoms with Crippen LogP contribution in [0.3, 0.4) is 0 Å². The van der Waals surface area contributed by atoms with Crippen LogP contribution in [0.1, 0.15) is 40.0 Å². The first-order chi connectivity index (χ1) is 6.79. The van der Waals surface area contributed by atoms with Gasteiger partial charge in [0.25, 0.3) is 0 Å². The van der Waals surface area contributed by atoms with Gasteiger partial charge in [-0.1, -0.05) is 32.9 Å². The molecule has 1 nitrogen and oxygen atoms in total. The first-order valence-electron chi connectivity index (χ1n) is 5.30. The molecule has 0 N–H and O–H groups in total. The summed E-state index contributed by atoms with van der Waals surface area (Å²) in [6.07, 6.45) is 6.70. The molecule has 1 aliphatic carbocycles. The number of rotatable bonds is 2. The quantitative estimate of drug-likeness (QED) is 0.592. The van der Waals surface area contributed by atoms with E-state index < -0.39 is 0 Å². The molecule has 14 heavy (non-hydrogen) atoms. The van der Waals surface area contributed by atoms with Crippen LogP contribution < -0.4 is 0 Å². The summed E-state index contributed by atoms with van der Waals surface area (Å²) in [5.74, 6) is -0.295. The second-order valence-corrected chi connectivity index (χ2v) is 2.81. The van der Waals surface area contributed by atoms with Crippen molar-refractivity contribution in [3.05, 3.63) is 23.3 Å². The molecule has 0 saturated heterocycles. The first kappa shape index (κ1) is 13.1. The number of halogens is 1. The van der Waals surface area contributed by atoms with E-state index in [2.05, 4.69) is 11.1 Å². The fourth-order valence-electron chi connectivity index (χ4n) is 1.42. The van der Waals surface area contributed by atoms with Gasteiger partial charge in [-0.25, -0.2) is 0 Å². The summed E-state index contributed by atoms with van der Waals surface area (Å²) in [6, 6.07) is 0. The summed E-state index contributed by atoms with van der Waals surface area (Å²) in [5.41, 5.74) is 1.88. The van der Waals surface area contributed by atoms with E-state index in [0.29, 0.717) is 0 Å². The predicted octanol–water partition coefficient (Wildman–Crippen LogP) is 4.07. The molecule has 0 unspecified atom stereocenters. The molecule has 80 valence electrons. The zero-order valence-corrected chi connectivity index (χ0v) is 9.60. The van der Waals surface area contributed by atoms with Crippen LogP contribution in [0.15, 0.2) is 28.3 Å². The van der Waals surface area contributed by atoms with Crippen molar-refractivity contribution in [2.75, 3.05) is 7.05 Å². The number of aliphatic imine (C=N–C) groups is 1. The van der Waals surface area contributed by atoms with Gasteiger partial charge in [0.05, 0.1) is 0 Å². The van der Waals surface area contributed by atoms with Gasteiger partial charge in [-0.2, -0.15) is 4.39 Å². The highest BCUT2D eigenvalue weighted by atomic mass is 19.1. The van der Waals surface area contributed by atoms with Crippen LogP contribution in [0, 0.1) is 0 Å². The average Bonchev–Trinajstić information content (AvgIpc) is 2.30. The van der Waals surface area contributed by atoms with Gasteiger partial charge in [-0.05, 0) is 24.8 Å². The third-order valence-electron chi connectivity index (χ3n) is 2.09. The fourth-order valence-corrected chi connectivity index (χ4v) is 1.42. The van der Waals surface area contributed by atoms with Crippen LogP contribution in [0.4, 0.5) is 4.39 Å². The van der Waals surface area contributed by atoms with Gasteiger partial charge >= 0.3 is 0 Å². The zero-order chi connectivity index (χ0) is 11.0. The maximum atomic E-state index is 13.1. The number of allylic oxidation sites excluding steroid dienone is 4. The van der Waals surface area contributed by atoms with Gasteiger partial charge in [0.2, 0.25) is 5.97 Å². The normalized spacial score (nSPS) is 16.5. The number of nitrogens with zero attached hydrogens (tertiary/aromatic N) is 1. The maximum absolute atomic E-state index is 13.1. The Hall–Kier alpha value is -0.920. The monoisotopic (exact) mass is 197 g/mol. The molecular formula is C12H20FN. The van der Waals surface area contributed by atoms with E-state index in [1.165, 1.54) is 7.05 Å². The van der Waals surface area contributed by atoms with Crippen LogP contribution in [-0.4, -0.2) is 13.0 Å². The molecule has 0 aromatic carbocycles. The summed E-state index contributed by atoms with van der Waals surface area (Å²) in [7, 11) is 1.49. The lowest BCUT2D eigenvalue weighted by molar-refractivity contribution is 0.777. The van der Waals surface area contributed by atoms with Gasteiger partial charge in [-0.3, -0.25) is 4.99 Å². The Kier molecular flexibility index (Phi) is 6.99. The highest BCUT2D eigenvalue weighted by molar-refractivity contribution is 5.94. The minimum absolute atomic E-state index is 0.295. The van der Waals surface area contributed by atoms with E-state index in [4.69, 9.17) is 0 Å². The molecular weight excluding hydrogens is 177 g/mol. The Morgan fingerprint density at radius 3 is 2.64 bits per heavy atom. The van der Waals surface area contributed by atoms with Crippen molar-refractivity contribution in [2.24, 2.45) is 4.99 Å². The van der Waals surface area contributed by atoms with Gasteiger partial charge in [0, 0.05) is 12.6 Å². The third-order valence-corrected chi connectivity index (χ3v) is 2.09. The van der Waals surface area contributed by atoms with Crippen LogP contribution in [0.2, 0.25) is 0 Å². The minimum atomic E-state index is -0.295. The molecule has 0 saturated carbocycles. The summed E-state index contributed by atoms with van der Waals surface area (Å²) >= 11 is 0. The molecule has 0 radical (unpaired) electrons. The molecule has 0 heterocycles. The molecule has 0 aromatic heterocycles. The lowest BCUT2D eigenvalue weighted by Gasteiger charge is -2.11. The Morgan fingerprint density at radius 1 is 1.50 bits per heavy atom. The van der Waals surface area contributed by atoms with Crippen molar-refractivity contribution < 1.29 is 4.39 Å². The van der Waals surface area contributed by atoms with E-state index in [1.807, 2.05) is 26.8 Å². The molecule has 0 amide bonds. The number of hydrogen-bond donors (Lipinski definition) is 0. The van der Waals surface area contributed by atoms with E-state index in [-0.39, 0.29) is 5.97 Å². The molecule has 0 fully saturated rings. The third kappa shape index (κ3) is 3.44. The number of hydrogen-bond acceptors (Lipinski definition) is 1. The maximum Gasteiger partial charge on any atom is 0.211 e. The second kappa shape index (κ2) is 7.48. The molecule has 0 aromatic rings. The van der Waals surface area contributed by atoms with Crippen LogP contribution in [0.5, 0.6) is 0 Å². The Balaban J connectivity index is 0.000000791. The fraction of sp³-hybridized carbons (Fsp3) is 0.583. The molecule has 1 rings (SSSR count). The molecule has 0 bridgehead atoms. The van der Waals surface area contributed by atoms with Crippen LogP contribution in [-0.2, 0) is 0 Å². The van der Waals surface area contributed by atoms with E-state index in [9.17, 15) is 4.39 Å². The summed E-state index contributed by atoms with van der Waals surface area (Å²) in [5, 5.41) is 0. The highest BCUT2D eigenvalue weighted by Gasteiger charge is 2.11. The van der Waals surface area contributed by atoms with Crippen molar-refractivity contribution >= 4 is 5.97 Å². The van der Waals surface area contributed by atoms with Crippen molar-refractivity contribution in [3.63, 3.8) is 0 Å². The van der Waals surface area contributed by atoms with Crippen molar-refractivity contribution in [1.82, 2.24) is 0 Å². The lowest BCUT2D eigenvalue weighted by Crippen LogP contribution is -2.02. The standard InChI is InChI=1S/C10H14FN.C2H6/c1-3-8-6-4-5-7-9(8)10(11)12-2;1-2/h4,6H,3,5,7H2,1-2H3;1-2H3. The van der Waals surface area contributed by atoms with E-state index in [0.717, 1.165) is 30.4 Å². The summed E-state index contributed by atoms with van der Waals surface area (Å²) in [4.78, 5) is 3.57. The molecule has 2 heteroatoms. The largest absolute Gasteiger partial charge is 0.261 e. The van der Waals surface area contributed by atoms with Gasteiger partial charge in [0.15, 0.2) is 0 Å². The first-order valence-corrected chi connectivity index (χ1v) is 5.30. The summed E-state index contributed by atoms with van der Waals surface area (Å²) in [6.45, 7) is 6.04. The molecule has 0 spiro atoms. The molecule has 0 atom stereocenters. The Bertz CT molecular complexity index is 249. The van der Waals surface area contributed by atoms with Crippen molar-refractivity contribution in [1.29, 1.82) is 0 Å². The second-order valence-electron chi connectivity index (χ2n) is 2.81. The molecule has 0 aliphatic heterocycles. The smallest absolute Gasteiger partial charge is 0.211 e. The lowest BCUT2D eigenvalue weighted by atomic mass is 9.96. The van der Waals surface area contributed by atoms with Crippen LogP contribution in [0.25, 0.3) is 0 Å². The van der Waals surface area contributed by atoms with E-state index in [1.54, 1.807) is 0 Å².